The molecule has 0 bridgehead atoms. The first-order chi connectivity index (χ1) is 19.6. The van der Waals surface area contributed by atoms with Crippen LogP contribution in [-0.4, -0.2) is 83.5 Å². The van der Waals surface area contributed by atoms with Crippen LogP contribution >= 0.6 is 11.3 Å². The van der Waals surface area contributed by atoms with Crippen molar-refractivity contribution in [2.45, 2.75) is 45.1 Å². The van der Waals surface area contributed by atoms with Crippen molar-refractivity contribution >= 4 is 51.8 Å². The highest BCUT2D eigenvalue weighted by Crippen LogP contribution is 2.27. The minimum absolute atomic E-state index is 0.0738. The molecular formula is C29H37N7O5S. The molecule has 2 amide bonds. The van der Waals surface area contributed by atoms with Crippen molar-refractivity contribution in [2.75, 3.05) is 51.0 Å². The lowest BCUT2D eigenvalue weighted by Gasteiger charge is -2.35. The Balaban J connectivity index is 1.67. The molecule has 0 saturated carbocycles. The molecule has 2 N–H and O–H groups in total. The van der Waals surface area contributed by atoms with E-state index in [4.69, 9.17) is 4.98 Å². The number of aliphatic carboxylic acids is 1. The summed E-state index contributed by atoms with van der Waals surface area (Å²) in [6.45, 7) is 7.37. The van der Waals surface area contributed by atoms with Gasteiger partial charge in [0.2, 0.25) is 0 Å². The van der Waals surface area contributed by atoms with E-state index in [9.17, 15) is 24.3 Å². The molecule has 1 saturated heterocycles. The van der Waals surface area contributed by atoms with Crippen molar-refractivity contribution in [2.24, 2.45) is 0 Å². The molecule has 1 aliphatic rings. The van der Waals surface area contributed by atoms with Gasteiger partial charge in [-0.15, -0.1) is 11.3 Å². The molecule has 1 fully saturated rings. The number of piperidine rings is 1. The fraction of sp³-hybridized carbons (Fsp3) is 0.448. The van der Waals surface area contributed by atoms with Crippen LogP contribution in [0.15, 0.2) is 34.6 Å². The molecule has 3 aromatic rings. The van der Waals surface area contributed by atoms with Crippen LogP contribution in [-0.2, 0) is 15.0 Å². The lowest BCUT2D eigenvalue weighted by atomic mass is 9.93. The number of nitrogens with one attached hydrogen (secondary N) is 2. The van der Waals surface area contributed by atoms with Crippen molar-refractivity contribution in [1.29, 1.82) is 0 Å². The van der Waals surface area contributed by atoms with Crippen LogP contribution in [0.1, 0.15) is 55.2 Å². The molecule has 42 heavy (non-hydrogen) atoms. The predicted molar refractivity (Wildman–Crippen MR) is 161 cm³/mol. The van der Waals surface area contributed by atoms with E-state index in [1.54, 1.807) is 0 Å². The molecule has 4 rings (SSSR count). The van der Waals surface area contributed by atoms with E-state index < -0.39 is 17.4 Å². The van der Waals surface area contributed by atoms with Crippen LogP contribution in [0.5, 0.6) is 0 Å². The van der Waals surface area contributed by atoms with E-state index >= 15 is 0 Å². The van der Waals surface area contributed by atoms with E-state index in [2.05, 4.69) is 15.6 Å². The van der Waals surface area contributed by atoms with Gasteiger partial charge in [0.05, 0.1) is 38.4 Å². The molecule has 0 spiro atoms. The molecule has 1 aliphatic heterocycles. The molecule has 4 heterocycles. The number of hydrogen-bond acceptors (Lipinski definition) is 9. The Morgan fingerprint density at radius 1 is 1.21 bits per heavy atom. The summed E-state index contributed by atoms with van der Waals surface area (Å²) in [4.78, 5) is 61.5. The van der Waals surface area contributed by atoms with Gasteiger partial charge in [0.15, 0.2) is 11.7 Å². The number of likely N-dealkylation sites (N-methyl/N-ethyl adjacent to an activating group) is 1. The largest absolute Gasteiger partial charge is 0.545 e. The van der Waals surface area contributed by atoms with Gasteiger partial charge in [-0.3, -0.25) is 24.1 Å². The lowest BCUT2D eigenvalue weighted by Crippen LogP contribution is -2.52. The van der Waals surface area contributed by atoms with Crippen LogP contribution < -0.4 is 26.2 Å². The smallest absolute Gasteiger partial charge is 0.275 e. The Labute approximate surface area is 248 Å². The number of rotatable bonds is 8. The minimum Gasteiger partial charge on any atom is -0.545 e. The fourth-order valence-electron chi connectivity index (χ4n) is 4.66. The zero-order valence-electron chi connectivity index (χ0n) is 24.8. The van der Waals surface area contributed by atoms with Crippen LogP contribution in [0.25, 0.3) is 11.7 Å². The standard InChI is InChI=1S/C29H37N7O5S/c1-29(2,3)21-17-42-28(31-21)33-26(40)18-11-13-35-22(14-18)32-25(20(27(35)41)9-10-24(38)39)34-12-7-8-19(15-34)30-23(37)16-36(4,5)6/h9-11,13-14,17,19H,7-8,12,15-16H2,1-6H3,(H2-,30,31,33,37,38,39,40). The molecule has 224 valence electrons. The highest BCUT2D eigenvalue weighted by molar-refractivity contribution is 7.14. The van der Waals surface area contributed by atoms with E-state index in [0.29, 0.717) is 29.2 Å². The maximum atomic E-state index is 13.5. The number of hydrogen-bond donors (Lipinski definition) is 2. The van der Waals surface area contributed by atoms with Crippen molar-refractivity contribution in [3.05, 3.63) is 57.0 Å². The topological polar surface area (TPSA) is 149 Å². The van der Waals surface area contributed by atoms with Gasteiger partial charge in [0.1, 0.15) is 11.5 Å². The summed E-state index contributed by atoms with van der Waals surface area (Å²) in [6, 6.07) is 2.83. The van der Waals surface area contributed by atoms with Crippen molar-refractivity contribution in [3.63, 3.8) is 0 Å². The summed E-state index contributed by atoms with van der Waals surface area (Å²) in [5.74, 6) is -1.65. The third-order valence-corrected chi connectivity index (χ3v) is 7.45. The average Bonchev–Trinajstić information content (AvgIpc) is 3.36. The van der Waals surface area contributed by atoms with Crippen LogP contribution in [0.2, 0.25) is 0 Å². The number of pyridine rings is 1. The van der Waals surface area contributed by atoms with Gasteiger partial charge < -0.3 is 24.6 Å². The van der Waals surface area contributed by atoms with Gasteiger partial charge >= 0.3 is 0 Å². The Bertz CT molecular complexity index is 1600. The molecule has 0 aromatic carbocycles. The third-order valence-electron chi connectivity index (χ3n) is 6.69. The van der Waals surface area contributed by atoms with Gasteiger partial charge in [-0.2, -0.15) is 0 Å². The zero-order valence-corrected chi connectivity index (χ0v) is 25.6. The first-order valence-electron chi connectivity index (χ1n) is 13.7. The number of carbonyl (C=O) groups is 3. The normalized spacial score (nSPS) is 16.1. The molecule has 0 radical (unpaired) electrons. The SMILES string of the molecule is CC(C)(C)c1csc(NC(=O)c2ccn3c(=O)c(C=CC(=O)[O-])c(N4CCCC(NC(=O)C[N+](C)(C)C)C4)nc3c2)n1. The van der Waals surface area contributed by atoms with E-state index in [0.717, 1.165) is 24.6 Å². The number of quaternary nitrogens is 1. The number of amides is 2. The number of carboxylic acid groups (broad SMARTS) is 1. The molecule has 0 aliphatic carbocycles. The number of carboxylic acids is 1. The average molecular weight is 596 g/mol. The summed E-state index contributed by atoms with van der Waals surface area (Å²) in [7, 11) is 5.80. The molecule has 1 unspecified atom stereocenters. The van der Waals surface area contributed by atoms with Gasteiger partial charge in [-0.05, 0) is 37.1 Å². The maximum Gasteiger partial charge on any atom is 0.275 e. The molecule has 3 aromatic heterocycles. The molecular weight excluding hydrogens is 558 g/mol. The lowest BCUT2D eigenvalue weighted by molar-refractivity contribution is -0.862. The van der Waals surface area contributed by atoms with E-state index in [1.807, 2.05) is 52.2 Å². The summed E-state index contributed by atoms with van der Waals surface area (Å²) in [5, 5.41) is 19.5. The summed E-state index contributed by atoms with van der Waals surface area (Å²) < 4.78 is 1.75. The minimum atomic E-state index is -1.45. The van der Waals surface area contributed by atoms with Crippen molar-refractivity contribution in [3.8, 4) is 0 Å². The molecule has 1 atom stereocenters. The highest BCUT2D eigenvalue weighted by Gasteiger charge is 2.27. The Hall–Kier alpha value is -4.10. The van der Waals surface area contributed by atoms with Gasteiger partial charge in [0.25, 0.3) is 17.4 Å². The van der Waals surface area contributed by atoms with Crippen LogP contribution in [0, 0.1) is 0 Å². The summed E-state index contributed by atoms with van der Waals surface area (Å²) >= 11 is 1.33. The Morgan fingerprint density at radius 3 is 2.60 bits per heavy atom. The number of thiazole rings is 1. The Morgan fingerprint density at radius 2 is 1.95 bits per heavy atom. The number of fused-ring (bicyclic) bond motifs is 1. The zero-order chi connectivity index (χ0) is 30.8. The van der Waals surface area contributed by atoms with Crippen molar-refractivity contribution in [1.82, 2.24) is 19.7 Å². The van der Waals surface area contributed by atoms with E-state index in [-0.39, 0.29) is 40.0 Å². The molecule has 13 heteroatoms. The van der Waals surface area contributed by atoms with Gasteiger partial charge in [-0.1, -0.05) is 20.8 Å². The number of carbonyl (C=O) groups excluding carboxylic acids is 3. The molecule has 12 nitrogen and oxygen atoms in total. The second kappa shape index (κ2) is 12.0. The Kier molecular flexibility index (Phi) is 8.83. The van der Waals surface area contributed by atoms with Crippen LogP contribution in [0.3, 0.4) is 0 Å². The monoisotopic (exact) mass is 595 g/mol. The quantitative estimate of drug-likeness (QED) is 0.292. The number of aromatic nitrogens is 3. The summed E-state index contributed by atoms with van der Waals surface area (Å²) in [5.41, 5.74) is 0.788. The van der Waals surface area contributed by atoms with Crippen LogP contribution in [0.4, 0.5) is 10.9 Å². The van der Waals surface area contributed by atoms with Gasteiger partial charge in [0, 0.05) is 41.7 Å². The fourth-order valence-corrected chi connectivity index (χ4v) is 5.59. The second-order valence-electron chi connectivity index (χ2n) is 12.5. The third kappa shape index (κ3) is 7.59. The van der Waals surface area contributed by atoms with Gasteiger partial charge in [-0.25, -0.2) is 9.97 Å². The first-order valence-corrected chi connectivity index (χ1v) is 14.6. The highest BCUT2D eigenvalue weighted by atomic mass is 32.1. The second-order valence-corrected chi connectivity index (χ2v) is 13.4. The van der Waals surface area contributed by atoms with E-state index in [1.165, 1.54) is 40.1 Å². The predicted octanol–water partition coefficient (Wildman–Crippen LogP) is 1.26. The summed E-state index contributed by atoms with van der Waals surface area (Å²) in [6.07, 6.45) is 4.90. The maximum absolute atomic E-state index is 13.5. The first kappa shape index (κ1) is 30.8. The van der Waals surface area contributed by atoms with Crippen molar-refractivity contribution < 1.29 is 24.0 Å². The number of anilines is 2. The number of nitrogens with zero attached hydrogens (tertiary/aromatic N) is 5.